The summed E-state index contributed by atoms with van der Waals surface area (Å²) in [6.45, 7) is 7.93. The second kappa shape index (κ2) is 22.5. The Hall–Kier alpha value is -8.66. The Labute approximate surface area is 482 Å². The van der Waals surface area contributed by atoms with Crippen LogP contribution < -0.4 is 9.47 Å². The van der Waals surface area contributed by atoms with E-state index in [1.54, 1.807) is 72.8 Å². The number of carboxylic acid groups (broad SMARTS) is 2. The van der Waals surface area contributed by atoms with Gasteiger partial charge in [-0.25, -0.2) is 38.3 Å². The third-order valence-corrected chi connectivity index (χ3v) is 18.0. The van der Waals surface area contributed by atoms with E-state index < -0.39 is 23.6 Å². The summed E-state index contributed by atoms with van der Waals surface area (Å²) >= 11 is 0. The molecule has 8 aromatic rings. The lowest BCUT2D eigenvalue weighted by molar-refractivity contribution is -0.0593. The van der Waals surface area contributed by atoms with Gasteiger partial charge in [0.1, 0.15) is 36.5 Å². The Kier molecular flexibility index (Phi) is 14.6. The first-order chi connectivity index (χ1) is 40.8. The molecule has 6 aliphatic rings. The van der Waals surface area contributed by atoms with Crippen LogP contribution >= 0.6 is 0 Å². The Morgan fingerprint density at radius 3 is 1.42 bits per heavy atom. The van der Waals surface area contributed by atoms with E-state index in [2.05, 4.69) is 31.1 Å². The highest BCUT2D eigenvalue weighted by Crippen LogP contribution is 2.60. The molecule has 0 unspecified atom stereocenters. The number of benzene rings is 4. The largest absolute Gasteiger partial charge is 0.478 e. The van der Waals surface area contributed by atoms with E-state index in [1.807, 2.05) is 24.3 Å². The van der Waals surface area contributed by atoms with Crippen LogP contribution in [0.3, 0.4) is 0 Å². The van der Waals surface area contributed by atoms with Crippen molar-refractivity contribution in [2.75, 3.05) is 39.4 Å². The molecule has 2 aliphatic carbocycles. The average Bonchev–Trinajstić information content (AvgIpc) is 1.79. The van der Waals surface area contributed by atoms with E-state index in [0.29, 0.717) is 60.9 Å². The highest BCUT2D eigenvalue weighted by atomic mass is 19.1. The molecule has 428 valence electrons. The normalized spacial score (nSPS) is 23.1. The third-order valence-electron chi connectivity index (χ3n) is 18.0. The van der Waals surface area contributed by atoms with Crippen molar-refractivity contribution in [3.63, 3.8) is 0 Å². The van der Waals surface area contributed by atoms with E-state index in [9.17, 15) is 28.6 Å². The van der Waals surface area contributed by atoms with Crippen LogP contribution in [-0.4, -0.2) is 113 Å². The Morgan fingerprint density at radius 2 is 1.05 bits per heavy atom. The zero-order valence-corrected chi connectivity index (χ0v) is 46.0. The third kappa shape index (κ3) is 10.9. The predicted molar refractivity (Wildman–Crippen MR) is 301 cm³/mol. The topological polar surface area (TPSA) is 227 Å². The standard InChI is InChI=1S/2C32H30FN5O4/c2*33-25-12-20(15-34)4-5-22(25)19-42-30-3-1-2-28(36-30)32-9-10-37(16-23(32)14-32)18-29-35-26-7-6-21(31(39)40)13-27(26)38(29)17-24-8-11-41-24/h2*1-7,12-13,23-24H,8-11,14,16-19H2,(H,39,40)/t23-,24+,32+;23-,24-,32+/m10/s1. The maximum atomic E-state index is 14.3. The molecule has 6 atom stereocenters. The van der Waals surface area contributed by atoms with E-state index in [4.69, 9.17) is 49.4 Å². The molecule has 6 fully saturated rings. The predicted octanol–water partition coefficient (Wildman–Crippen LogP) is 9.34. The summed E-state index contributed by atoms with van der Waals surface area (Å²) in [5.41, 5.74) is 7.16. The maximum absolute atomic E-state index is 14.3. The van der Waals surface area contributed by atoms with Crippen molar-refractivity contribution < 1.29 is 47.5 Å². The number of likely N-dealkylation sites (tertiary alicyclic amines) is 2. The molecule has 0 radical (unpaired) electrons. The van der Waals surface area contributed by atoms with Crippen molar-refractivity contribution in [2.45, 2.75) is 101 Å². The van der Waals surface area contributed by atoms with Gasteiger partial charge in [0, 0.05) is 60.4 Å². The van der Waals surface area contributed by atoms with E-state index >= 15 is 0 Å². The minimum Gasteiger partial charge on any atom is -0.478 e. The highest BCUT2D eigenvalue weighted by Gasteiger charge is 2.59. The molecular formula is C64H60F2N10O8. The number of ether oxygens (including phenoxy) is 4. The van der Waals surface area contributed by atoms with Gasteiger partial charge in [-0.2, -0.15) is 10.5 Å². The molecule has 8 heterocycles. The van der Waals surface area contributed by atoms with Crippen molar-refractivity contribution in [3.05, 3.63) is 177 Å². The molecule has 4 saturated heterocycles. The number of pyridine rings is 2. The van der Waals surface area contributed by atoms with Crippen LogP contribution in [0, 0.1) is 46.1 Å². The van der Waals surface area contributed by atoms with Gasteiger partial charge in [-0.1, -0.05) is 24.3 Å². The van der Waals surface area contributed by atoms with E-state index in [1.165, 1.54) is 12.1 Å². The summed E-state index contributed by atoms with van der Waals surface area (Å²) < 4.78 is 56.0. The number of carbonyl (C=O) groups is 2. The van der Waals surface area contributed by atoms with E-state index in [-0.39, 0.29) is 58.5 Å². The number of imidazole rings is 2. The van der Waals surface area contributed by atoms with Gasteiger partial charge in [-0.15, -0.1) is 0 Å². The Balaban J connectivity index is 0.000000157. The SMILES string of the molecule is N#Cc1ccc(COc2cccc([C@@]34CCN(Cc5nc6ccc(C(=O)O)cc6n5C[C@@H]5CCO5)C[C@@H]3C4)n2)c(F)c1.N#Cc1ccc(COc2cccc([C@]34CCN(Cc5nc6ccc(C(=O)O)cc6n5C[C@@H]5CCO5)C[C@H]3C4)n2)c(F)c1. The van der Waals surface area contributed by atoms with Gasteiger partial charge in [-0.05, 0) is 136 Å². The molecule has 20 heteroatoms. The zero-order valence-electron chi connectivity index (χ0n) is 46.0. The van der Waals surface area contributed by atoms with Gasteiger partial charge in [0.25, 0.3) is 0 Å². The monoisotopic (exact) mass is 1130 g/mol. The lowest BCUT2D eigenvalue weighted by Crippen LogP contribution is -2.37. The molecule has 4 aliphatic heterocycles. The van der Waals surface area contributed by atoms with Gasteiger partial charge in [0.2, 0.25) is 11.8 Å². The second-order valence-electron chi connectivity index (χ2n) is 23.1. The van der Waals surface area contributed by atoms with Crippen molar-refractivity contribution in [2.24, 2.45) is 11.8 Å². The number of aromatic nitrogens is 6. The summed E-state index contributed by atoms with van der Waals surface area (Å²) in [6, 6.07) is 34.4. The molecule has 2 N–H and O–H groups in total. The fraction of sp³-hybridized carbons (Fsp3) is 0.375. The van der Waals surface area contributed by atoms with Gasteiger partial charge in [-0.3, -0.25) is 9.80 Å². The average molecular weight is 1140 g/mol. The molecule has 4 aromatic carbocycles. The molecule has 0 bridgehead atoms. The number of fused-ring (bicyclic) bond motifs is 4. The number of hydrogen-bond acceptors (Lipinski definition) is 14. The van der Waals surface area contributed by atoms with Crippen LogP contribution in [0.1, 0.15) is 105 Å². The molecule has 84 heavy (non-hydrogen) atoms. The molecule has 4 aromatic heterocycles. The van der Waals surface area contributed by atoms with Crippen LogP contribution in [0.5, 0.6) is 11.8 Å². The fourth-order valence-corrected chi connectivity index (χ4v) is 12.8. The molecule has 14 rings (SSSR count). The van der Waals surface area contributed by atoms with Gasteiger partial charge < -0.3 is 38.3 Å². The maximum Gasteiger partial charge on any atom is 0.335 e. The summed E-state index contributed by atoms with van der Waals surface area (Å²) in [4.78, 5) is 47.5. The minimum absolute atomic E-state index is 0.0197. The molecule has 18 nitrogen and oxygen atoms in total. The molecule has 0 spiro atoms. The number of aromatic carboxylic acids is 2. The zero-order chi connectivity index (χ0) is 57.7. The molecule has 0 amide bonds. The van der Waals surface area contributed by atoms with Crippen LogP contribution in [-0.2, 0) is 59.7 Å². The Bertz CT molecular complexity index is 3710. The number of nitriles is 2. The smallest absolute Gasteiger partial charge is 0.335 e. The van der Waals surface area contributed by atoms with Gasteiger partial charge in [0.15, 0.2) is 0 Å². The minimum atomic E-state index is -0.948. The lowest BCUT2D eigenvalue weighted by Gasteiger charge is -2.32. The summed E-state index contributed by atoms with van der Waals surface area (Å²) in [5, 5.41) is 37.0. The highest BCUT2D eigenvalue weighted by molar-refractivity contribution is 5.93. The Morgan fingerprint density at radius 1 is 0.607 bits per heavy atom. The van der Waals surface area contributed by atoms with Crippen molar-refractivity contribution in [1.82, 2.24) is 38.9 Å². The number of halogens is 2. The van der Waals surface area contributed by atoms with Crippen LogP contribution in [0.25, 0.3) is 22.1 Å². The van der Waals surface area contributed by atoms with Crippen molar-refractivity contribution >= 4 is 34.0 Å². The summed E-state index contributed by atoms with van der Waals surface area (Å²) in [6.07, 6.45) is 6.27. The number of hydrogen-bond donors (Lipinski definition) is 2. The number of rotatable bonds is 18. The lowest BCUT2D eigenvalue weighted by atomic mass is 9.91. The quantitative estimate of drug-likeness (QED) is 0.0816. The van der Waals surface area contributed by atoms with Gasteiger partial charge in [0.05, 0.1) is 106 Å². The van der Waals surface area contributed by atoms with Gasteiger partial charge >= 0.3 is 11.9 Å². The second-order valence-corrected chi connectivity index (χ2v) is 23.1. The number of carboxylic acids is 2. The molecule has 2 saturated carbocycles. The summed E-state index contributed by atoms with van der Waals surface area (Å²) in [7, 11) is 0. The van der Waals surface area contributed by atoms with Crippen LogP contribution in [0.15, 0.2) is 109 Å². The fourth-order valence-electron chi connectivity index (χ4n) is 12.8. The first-order valence-electron chi connectivity index (χ1n) is 28.5. The van der Waals surface area contributed by atoms with Crippen molar-refractivity contribution in [3.8, 4) is 23.9 Å². The summed E-state index contributed by atoms with van der Waals surface area (Å²) in [5.74, 6) is 0.905. The van der Waals surface area contributed by atoms with Crippen LogP contribution in [0.4, 0.5) is 8.78 Å². The first-order valence-corrected chi connectivity index (χ1v) is 28.5. The van der Waals surface area contributed by atoms with Crippen molar-refractivity contribution in [1.29, 1.82) is 10.5 Å². The van der Waals surface area contributed by atoms with Crippen LogP contribution in [0.2, 0.25) is 0 Å². The van der Waals surface area contributed by atoms with E-state index in [0.717, 1.165) is 123 Å². The molecular weight excluding hydrogens is 1070 g/mol. The number of nitrogens with zero attached hydrogens (tertiary/aromatic N) is 10. The first kappa shape index (κ1) is 54.6. The number of piperidine rings is 2.